The Bertz CT molecular complexity index is 2280. The highest BCUT2D eigenvalue weighted by Gasteiger charge is 2.45. The highest BCUT2D eigenvalue weighted by Crippen LogP contribution is 2.53. The Morgan fingerprint density at radius 1 is 0.627 bits per heavy atom. The Morgan fingerprint density at radius 3 is 1.88 bits per heavy atom. The first kappa shape index (κ1) is 33.5. The molecule has 0 amide bonds. The van der Waals surface area contributed by atoms with Crippen LogP contribution in [0.15, 0.2) is 58.3 Å². The van der Waals surface area contributed by atoms with E-state index in [-0.39, 0.29) is 86.6 Å². The van der Waals surface area contributed by atoms with E-state index in [4.69, 9.17) is 9.47 Å². The first-order valence-electron chi connectivity index (χ1n) is 16.5. The van der Waals surface area contributed by atoms with Crippen molar-refractivity contribution in [3.8, 4) is 11.5 Å². The lowest BCUT2D eigenvalue weighted by molar-refractivity contribution is 0.0394. The van der Waals surface area contributed by atoms with Crippen molar-refractivity contribution in [3.05, 3.63) is 115 Å². The molecule has 0 heterocycles. The van der Waals surface area contributed by atoms with E-state index < -0.39 is 40.8 Å². The summed E-state index contributed by atoms with van der Waals surface area (Å²) >= 11 is 1.04. The number of hydrogen-bond donors (Lipinski definition) is 4. The zero-order valence-corrected chi connectivity index (χ0v) is 29.1. The number of ketones is 4. The lowest BCUT2D eigenvalue weighted by Gasteiger charge is -2.37. The minimum Gasteiger partial charge on any atom is -0.496 e. The zero-order chi connectivity index (χ0) is 36.3. The molecule has 4 N–H and O–H groups in total. The van der Waals surface area contributed by atoms with E-state index in [9.17, 15) is 39.6 Å². The second-order valence-electron chi connectivity index (χ2n) is 14.4. The number of ether oxygens (including phenoxy) is 2. The Hall–Kier alpha value is -4.65. The van der Waals surface area contributed by atoms with Crippen LogP contribution in [0.25, 0.3) is 0 Å². The van der Waals surface area contributed by atoms with Gasteiger partial charge >= 0.3 is 0 Å². The number of rotatable bonds is 4. The van der Waals surface area contributed by atoms with Gasteiger partial charge in [0.1, 0.15) is 23.7 Å². The third kappa shape index (κ3) is 4.94. The Labute approximate surface area is 297 Å². The average molecular weight is 707 g/mol. The van der Waals surface area contributed by atoms with Gasteiger partial charge in [-0.3, -0.25) is 19.2 Å². The first-order valence-corrected chi connectivity index (χ1v) is 17.4. The third-order valence-corrected chi connectivity index (χ3v) is 11.5. The van der Waals surface area contributed by atoms with Crippen LogP contribution in [0, 0.1) is 0 Å². The fourth-order valence-corrected chi connectivity index (χ4v) is 9.72. The Kier molecular flexibility index (Phi) is 7.50. The summed E-state index contributed by atoms with van der Waals surface area (Å²) in [6.45, 7) is 3.10. The van der Waals surface area contributed by atoms with Crippen molar-refractivity contribution in [1.82, 2.24) is 0 Å². The quantitative estimate of drug-likeness (QED) is 0.201. The van der Waals surface area contributed by atoms with Crippen LogP contribution in [-0.4, -0.2) is 69.0 Å². The van der Waals surface area contributed by atoms with E-state index in [0.29, 0.717) is 32.9 Å². The Balaban J connectivity index is 1.42. The van der Waals surface area contributed by atoms with Gasteiger partial charge in [-0.15, -0.1) is 0 Å². The Morgan fingerprint density at radius 2 is 1.22 bits per heavy atom. The fourth-order valence-electron chi connectivity index (χ4n) is 8.46. The fraction of sp³-hybridized carbons (Fsp3) is 0.300. The lowest BCUT2D eigenvalue weighted by Crippen LogP contribution is -2.38. The zero-order valence-electron chi connectivity index (χ0n) is 28.2. The van der Waals surface area contributed by atoms with Gasteiger partial charge in [-0.25, -0.2) is 0 Å². The second kappa shape index (κ2) is 11.4. The number of aliphatic hydroxyl groups excluding tert-OH is 2. The topological polar surface area (TPSA) is 168 Å². The average Bonchev–Trinajstić information content (AvgIpc) is 3.06. The van der Waals surface area contributed by atoms with Crippen LogP contribution in [0.5, 0.6) is 11.5 Å². The van der Waals surface area contributed by atoms with Crippen LogP contribution in [0.3, 0.4) is 0 Å². The van der Waals surface area contributed by atoms with E-state index >= 15 is 0 Å². The molecule has 11 heteroatoms. The molecule has 0 aromatic heterocycles. The molecule has 0 saturated heterocycles. The number of benzene rings is 4. The van der Waals surface area contributed by atoms with Crippen molar-refractivity contribution in [2.45, 2.75) is 72.7 Å². The maximum absolute atomic E-state index is 14.6. The maximum Gasteiger partial charge on any atom is 0.199 e. The third-order valence-electron chi connectivity index (χ3n) is 10.4. The summed E-state index contributed by atoms with van der Waals surface area (Å²) in [5.41, 5.74) is -0.451. The van der Waals surface area contributed by atoms with Gasteiger partial charge in [-0.05, 0) is 54.8 Å². The number of hydrogen-bond acceptors (Lipinski definition) is 11. The number of Topliss-reactive ketones (excluding diaryl/α,β-unsaturated/α-hetero) is 2. The molecular weight excluding hydrogens is 672 g/mol. The summed E-state index contributed by atoms with van der Waals surface area (Å²) in [7, 11) is 2.84. The van der Waals surface area contributed by atoms with Gasteiger partial charge < -0.3 is 29.9 Å². The molecule has 4 atom stereocenters. The molecule has 0 bridgehead atoms. The van der Waals surface area contributed by atoms with Crippen LogP contribution >= 0.6 is 11.8 Å². The van der Waals surface area contributed by atoms with Crippen molar-refractivity contribution < 1.29 is 49.1 Å². The van der Waals surface area contributed by atoms with Gasteiger partial charge in [0, 0.05) is 80.0 Å². The molecule has 10 nitrogen and oxygen atoms in total. The highest BCUT2D eigenvalue weighted by atomic mass is 32.2. The molecule has 260 valence electrons. The summed E-state index contributed by atoms with van der Waals surface area (Å²) in [5, 5.41) is 46.2. The molecular formula is C40H34O10S. The molecule has 0 saturated carbocycles. The predicted molar refractivity (Wildman–Crippen MR) is 185 cm³/mol. The monoisotopic (exact) mass is 706 g/mol. The van der Waals surface area contributed by atoms with Gasteiger partial charge in [0.25, 0.3) is 0 Å². The van der Waals surface area contributed by atoms with Crippen molar-refractivity contribution in [3.63, 3.8) is 0 Å². The summed E-state index contributed by atoms with van der Waals surface area (Å²) in [6, 6.07) is 13.0. The number of carbonyl (C=O) groups is 4. The van der Waals surface area contributed by atoms with Crippen molar-refractivity contribution in [1.29, 1.82) is 0 Å². The van der Waals surface area contributed by atoms with E-state index in [1.165, 1.54) is 20.3 Å². The van der Waals surface area contributed by atoms with E-state index in [2.05, 4.69) is 0 Å². The van der Waals surface area contributed by atoms with Crippen molar-refractivity contribution >= 4 is 34.9 Å². The minimum atomic E-state index is -1.40. The van der Waals surface area contributed by atoms with Gasteiger partial charge in [0.15, 0.2) is 23.1 Å². The number of fused-ring (bicyclic) bond motifs is 8. The van der Waals surface area contributed by atoms with Gasteiger partial charge in [-0.2, -0.15) is 0 Å². The molecule has 4 aliphatic carbocycles. The summed E-state index contributed by atoms with van der Waals surface area (Å²) in [4.78, 5) is 56.9. The number of aliphatic hydroxyl groups is 4. The molecule has 0 fully saturated rings. The van der Waals surface area contributed by atoms with Crippen molar-refractivity contribution in [2.24, 2.45) is 0 Å². The molecule has 0 spiro atoms. The van der Waals surface area contributed by atoms with Crippen LogP contribution in [-0.2, 0) is 12.8 Å². The molecule has 0 aliphatic heterocycles. The molecule has 4 aromatic rings. The lowest BCUT2D eigenvalue weighted by atomic mass is 9.72. The van der Waals surface area contributed by atoms with E-state index in [0.717, 1.165) is 11.8 Å². The molecule has 0 unspecified atom stereocenters. The van der Waals surface area contributed by atoms with Crippen molar-refractivity contribution in [2.75, 3.05) is 14.2 Å². The van der Waals surface area contributed by atoms with Crippen LogP contribution in [0.1, 0.15) is 125 Å². The predicted octanol–water partition coefficient (Wildman–Crippen LogP) is 4.87. The molecule has 0 radical (unpaired) electrons. The second-order valence-corrected chi connectivity index (χ2v) is 15.4. The smallest absolute Gasteiger partial charge is 0.199 e. The largest absolute Gasteiger partial charge is 0.496 e. The SMILES string of the molecule is COc1cccc2c1C(=O)c1c(Sc3cc4c(c5c3[C@H](O)c3c(OC)cccc3[C@@H]5O)C(=O)C[C@](C)(O)C4)cc3c(c1C2=O)C(=O)C[C@](C)(O)C3. The summed E-state index contributed by atoms with van der Waals surface area (Å²) < 4.78 is 11.1. The van der Waals surface area contributed by atoms with Gasteiger partial charge in [-0.1, -0.05) is 36.0 Å². The first-order chi connectivity index (χ1) is 24.2. The molecule has 4 aliphatic rings. The van der Waals surface area contributed by atoms with Gasteiger partial charge in [0.05, 0.1) is 31.0 Å². The summed E-state index contributed by atoms with van der Waals surface area (Å²) in [5.74, 6) is -1.41. The van der Waals surface area contributed by atoms with Gasteiger partial charge in [0.2, 0.25) is 0 Å². The van der Waals surface area contributed by atoms with E-state index in [1.807, 2.05) is 0 Å². The maximum atomic E-state index is 14.6. The summed E-state index contributed by atoms with van der Waals surface area (Å²) in [6.07, 6.45) is -3.04. The number of methoxy groups -OCH3 is 2. The number of carbonyl (C=O) groups excluding carboxylic acids is 4. The van der Waals surface area contributed by atoms with E-state index in [1.54, 1.807) is 56.3 Å². The van der Waals surface area contributed by atoms with Crippen LogP contribution in [0.2, 0.25) is 0 Å². The standard InChI is InChI=1S/C40H34O10S/c1-39(47)13-17-11-25(31-33(27(17)21(41)15-39)35(43)19-7-5-9-23(49-3)29(19)37(31)45)51-26-12-18-14-40(2,48)16-22(42)28(18)34-32(26)38(46)30-20(36(34)44)8-6-10-24(30)50-4/h5-12,35,37,43,45,47-48H,13-16H2,1-4H3/t35-,37+,39+,40+/m0/s1. The highest BCUT2D eigenvalue weighted by molar-refractivity contribution is 7.99. The molecule has 51 heavy (non-hydrogen) atoms. The van der Waals surface area contributed by atoms with Crippen LogP contribution in [0.4, 0.5) is 0 Å². The minimum absolute atomic E-state index is 0.0194. The van der Waals surface area contributed by atoms with Crippen LogP contribution < -0.4 is 9.47 Å². The molecule has 4 aromatic carbocycles. The normalized spacial score (nSPS) is 24.5. The molecule has 8 rings (SSSR count).